The molecule has 1 aromatic rings. The van der Waals surface area contributed by atoms with E-state index in [2.05, 4.69) is 35.7 Å². The van der Waals surface area contributed by atoms with Gasteiger partial charge in [-0.1, -0.05) is 44.5 Å². The summed E-state index contributed by atoms with van der Waals surface area (Å²) in [7, 11) is 1.93. The third-order valence-corrected chi connectivity index (χ3v) is 6.60. The third kappa shape index (κ3) is 5.78. The number of thiazole rings is 1. The Balaban J connectivity index is 2.03. The van der Waals surface area contributed by atoms with Crippen LogP contribution >= 0.6 is 23.1 Å². The second-order valence-corrected chi connectivity index (χ2v) is 8.30. The maximum absolute atomic E-state index is 4.62. The summed E-state index contributed by atoms with van der Waals surface area (Å²) in [5.74, 6) is 0.627. The molecule has 3 nitrogen and oxygen atoms in total. The van der Waals surface area contributed by atoms with Crippen molar-refractivity contribution in [2.24, 2.45) is 10.9 Å². The molecule has 0 aliphatic heterocycles. The summed E-state index contributed by atoms with van der Waals surface area (Å²) in [4.78, 5) is 8.97. The van der Waals surface area contributed by atoms with Gasteiger partial charge in [0.1, 0.15) is 0 Å². The van der Waals surface area contributed by atoms with E-state index in [1.165, 1.54) is 47.8 Å². The van der Waals surface area contributed by atoms with Gasteiger partial charge in [0.15, 0.2) is 0 Å². The molecule has 1 aliphatic rings. The summed E-state index contributed by atoms with van der Waals surface area (Å²) in [5.41, 5.74) is 2.36. The van der Waals surface area contributed by atoms with Crippen molar-refractivity contribution in [1.29, 1.82) is 0 Å². The second-order valence-electron chi connectivity index (χ2n) is 6.29. The van der Waals surface area contributed by atoms with Gasteiger partial charge in [0.25, 0.3) is 0 Å². The molecular formula is C19H29N3S2. The normalized spacial score (nSPS) is 17.5. The Morgan fingerprint density at radius 2 is 2.17 bits per heavy atom. The second kappa shape index (κ2) is 10.0. The first kappa shape index (κ1) is 19.3. The Labute approximate surface area is 154 Å². The molecule has 1 heterocycles. The van der Waals surface area contributed by atoms with Crippen LogP contribution in [0.15, 0.2) is 39.4 Å². The number of aliphatic imine (C=N–C) groups is 1. The number of allylic oxidation sites excluding steroid dienone is 2. The van der Waals surface area contributed by atoms with Gasteiger partial charge in [-0.05, 0) is 31.8 Å². The molecule has 1 fully saturated rings. The van der Waals surface area contributed by atoms with Crippen molar-refractivity contribution in [3.8, 4) is 0 Å². The predicted octanol–water partition coefficient (Wildman–Crippen LogP) is 5.77. The van der Waals surface area contributed by atoms with E-state index in [1.54, 1.807) is 11.3 Å². The molecule has 1 aliphatic carbocycles. The minimum atomic E-state index is 0.627. The fourth-order valence-corrected chi connectivity index (χ4v) is 4.75. The Morgan fingerprint density at radius 1 is 1.42 bits per heavy atom. The van der Waals surface area contributed by atoms with Gasteiger partial charge in [-0.3, -0.25) is 4.99 Å². The molecule has 0 unspecified atom stereocenters. The molecule has 0 spiro atoms. The van der Waals surface area contributed by atoms with Crippen LogP contribution in [0.5, 0.6) is 0 Å². The lowest BCUT2D eigenvalue weighted by Crippen LogP contribution is -2.19. The van der Waals surface area contributed by atoms with E-state index in [9.17, 15) is 0 Å². The van der Waals surface area contributed by atoms with Crippen LogP contribution in [0.1, 0.15) is 57.4 Å². The molecule has 0 aromatic carbocycles. The van der Waals surface area contributed by atoms with Gasteiger partial charge >= 0.3 is 0 Å². The molecule has 1 aromatic heterocycles. The molecule has 1 N–H and O–H groups in total. The number of hydrogen-bond donors (Lipinski definition) is 1. The maximum atomic E-state index is 4.62. The molecule has 5 heteroatoms. The van der Waals surface area contributed by atoms with Crippen LogP contribution in [0.3, 0.4) is 0 Å². The lowest BCUT2D eigenvalue weighted by Gasteiger charge is -2.24. The highest BCUT2D eigenvalue weighted by Crippen LogP contribution is 2.33. The maximum Gasteiger partial charge on any atom is 0.0983 e. The van der Waals surface area contributed by atoms with Gasteiger partial charge in [0, 0.05) is 36.7 Å². The zero-order chi connectivity index (χ0) is 17.4. The largest absolute Gasteiger partial charge is 0.354 e. The van der Waals surface area contributed by atoms with Crippen LogP contribution in [-0.2, 0) is 6.42 Å². The third-order valence-electron chi connectivity index (χ3n) is 4.44. The van der Waals surface area contributed by atoms with E-state index in [1.807, 2.05) is 30.4 Å². The van der Waals surface area contributed by atoms with Crippen molar-refractivity contribution in [2.75, 3.05) is 7.05 Å². The van der Waals surface area contributed by atoms with Crippen molar-refractivity contribution in [2.45, 2.75) is 58.8 Å². The number of aromatic nitrogens is 1. The quantitative estimate of drug-likeness (QED) is 0.493. The van der Waals surface area contributed by atoms with Gasteiger partial charge in [-0.15, -0.1) is 11.3 Å². The van der Waals surface area contributed by atoms with Gasteiger partial charge in [-0.25, -0.2) is 4.98 Å². The van der Waals surface area contributed by atoms with E-state index >= 15 is 0 Å². The van der Waals surface area contributed by atoms with Crippen LogP contribution in [0.2, 0.25) is 0 Å². The number of nitrogens with zero attached hydrogens (tertiary/aromatic N) is 2. The Bertz CT molecular complexity index is 582. The highest BCUT2D eigenvalue weighted by atomic mass is 32.2. The smallest absolute Gasteiger partial charge is 0.0983 e. The van der Waals surface area contributed by atoms with Crippen molar-refractivity contribution in [1.82, 2.24) is 10.3 Å². The summed E-state index contributed by atoms with van der Waals surface area (Å²) < 4.78 is 0. The van der Waals surface area contributed by atoms with Crippen molar-refractivity contribution in [3.05, 3.63) is 39.5 Å². The average Bonchev–Trinajstić information content (AvgIpc) is 3.11. The first-order valence-electron chi connectivity index (χ1n) is 8.81. The molecule has 0 atom stereocenters. The Hall–Kier alpha value is -1.07. The topological polar surface area (TPSA) is 37.3 Å². The van der Waals surface area contributed by atoms with Gasteiger partial charge in [-0.2, -0.15) is 0 Å². The average molecular weight is 364 g/mol. The lowest BCUT2D eigenvalue weighted by molar-refractivity contribution is 0.443. The predicted molar refractivity (Wildman–Crippen MR) is 109 cm³/mol. The lowest BCUT2D eigenvalue weighted by atomic mass is 9.90. The number of nitrogens with one attached hydrogen (secondary N) is 1. The van der Waals surface area contributed by atoms with Gasteiger partial charge in [0.2, 0.25) is 0 Å². The molecule has 0 radical (unpaired) electrons. The molecule has 1 saturated carbocycles. The minimum absolute atomic E-state index is 0.627. The first-order chi connectivity index (χ1) is 11.6. The van der Waals surface area contributed by atoms with Crippen molar-refractivity contribution < 1.29 is 0 Å². The van der Waals surface area contributed by atoms with Crippen LogP contribution in [0.4, 0.5) is 0 Å². The standard InChI is InChI=1S/C19H29N3S2/c1-5-14(2)18(22-15(3)13-17-21-11-12-23-17)24-19(20-4)16-9-7-6-8-10-16/h11-12,16,22H,3,5-10,13H2,1-2,4H3/b18-14-,20-19-. The molecule has 132 valence electrons. The highest BCUT2D eigenvalue weighted by Gasteiger charge is 2.21. The zero-order valence-electron chi connectivity index (χ0n) is 15.1. The number of rotatable bonds is 7. The molecular weight excluding hydrogens is 334 g/mol. The fraction of sp³-hybridized carbons (Fsp3) is 0.579. The SMILES string of the molecule is C=C(Cc1nccs1)N/C(S/C(=N\C)C1CCCCC1)=C(\C)CC. The van der Waals surface area contributed by atoms with Crippen LogP contribution in [0, 0.1) is 5.92 Å². The van der Waals surface area contributed by atoms with Crippen LogP contribution in [-0.4, -0.2) is 17.1 Å². The van der Waals surface area contributed by atoms with Crippen molar-refractivity contribution >= 4 is 28.1 Å². The van der Waals surface area contributed by atoms with Crippen LogP contribution < -0.4 is 5.32 Å². The highest BCUT2D eigenvalue weighted by molar-refractivity contribution is 8.17. The van der Waals surface area contributed by atoms with Gasteiger partial charge in [0.05, 0.1) is 15.1 Å². The van der Waals surface area contributed by atoms with E-state index < -0.39 is 0 Å². The minimum Gasteiger partial charge on any atom is -0.354 e. The van der Waals surface area contributed by atoms with Crippen LogP contribution in [0.25, 0.3) is 0 Å². The molecule has 24 heavy (non-hydrogen) atoms. The zero-order valence-corrected chi connectivity index (χ0v) is 16.7. The van der Waals surface area contributed by atoms with Gasteiger partial charge < -0.3 is 5.32 Å². The molecule has 0 saturated heterocycles. The van der Waals surface area contributed by atoms with E-state index in [-0.39, 0.29) is 0 Å². The monoisotopic (exact) mass is 363 g/mol. The summed E-state index contributed by atoms with van der Waals surface area (Å²) in [5, 5.41) is 9.12. The molecule has 0 bridgehead atoms. The number of thioether (sulfide) groups is 1. The summed E-state index contributed by atoms with van der Waals surface area (Å²) in [6.45, 7) is 8.59. The Kier molecular flexibility index (Phi) is 8.06. The fourth-order valence-electron chi connectivity index (χ4n) is 2.87. The number of hydrogen-bond acceptors (Lipinski definition) is 5. The summed E-state index contributed by atoms with van der Waals surface area (Å²) in [6, 6.07) is 0. The molecule has 0 amide bonds. The van der Waals surface area contributed by atoms with E-state index in [0.29, 0.717) is 5.92 Å². The molecule has 2 rings (SSSR count). The Morgan fingerprint density at radius 3 is 2.75 bits per heavy atom. The van der Waals surface area contributed by atoms with Crippen molar-refractivity contribution in [3.63, 3.8) is 0 Å². The van der Waals surface area contributed by atoms with E-state index in [0.717, 1.165) is 23.5 Å². The first-order valence-corrected chi connectivity index (χ1v) is 10.5. The summed E-state index contributed by atoms with van der Waals surface area (Å²) >= 11 is 3.49. The summed E-state index contributed by atoms with van der Waals surface area (Å²) in [6.07, 6.45) is 10.2. The van der Waals surface area contributed by atoms with E-state index in [4.69, 9.17) is 0 Å².